The second kappa shape index (κ2) is 5.28. The Morgan fingerprint density at radius 1 is 1.19 bits per heavy atom. The monoisotopic (exact) mass is 281 g/mol. The number of nitrogens with one attached hydrogen (secondary N) is 1. The number of amides is 1. The van der Waals surface area contributed by atoms with Gasteiger partial charge in [0.15, 0.2) is 0 Å². The summed E-state index contributed by atoms with van der Waals surface area (Å²) in [5, 5.41) is 12.0. The molecule has 2 aromatic carbocycles. The van der Waals surface area contributed by atoms with E-state index in [9.17, 15) is 9.90 Å². The Balaban J connectivity index is 1.80. The molecule has 3 rings (SSSR count). The number of nitrogens with zero attached hydrogens (tertiary/aromatic N) is 2. The molecule has 0 bridgehead atoms. The smallest absolute Gasteiger partial charge is 0.244 e. The third-order valence-electron chi connectivity index (χ3n) is 3.30. The molecule has 3 aromatic rings. The molecule has 2 N–H and O–H groups in total. The van der Waals surface area contributed by atoms with E-state index in [1.165, 1.54) is 12.1 Å². The number of fused-ring (bicyclic) bond motifs is 1. The summed E-state index contributed by atoms with van der Waals surface area (Å²) in [7, 11) is 0. The van der Waals surface area contributed by atoms with Gasteiger partial charge in [0.05, 0.1) is 11.0 Å². The predicted octanol–water partition coefficient (Wildman–Crippen LogP) is 2.69. The van der Waals surface area contributed by atoms with Crippen molar-refractivity contribution < 1.29 is 9.90 Å². The maximum atomic E-state index is 12.1. The number of carbonyl (C=O) groups excluding carboxylic acids is 1. The van der Waals surface area contributed by atoms with E-state index in [1.54, 1.807) is 12.1 Å². The second-order valence-corrected chi connectivity index (χ2v) is 4.83. The number of hydrogen-bond donors (Lipinski definition) is 2. The van der Waals surface area contributed by atoms with Crippen molar-refractivity contribution in [3.8, 4) is 5.75 Å². The molecule has 0 radical (unpaired) electrons. The van der Waals surface area contributed by atoms with E-state index >= 15 is 0 Å². The van der Waals surface area contributed by atoms with Gasteiger partial charge in [0.1, 0.15) is 18.1 Å². The maximum Gasteiger partial charge on any atom is 0.244 e. The van der Waals surface area contributed by atoms with E-state index in [2.05, 4.69) is 10.3 Å². The molecule has 1 amide bonds. The van der Waals surface area contributed by atoms with Gasteiger partial charge in [0, 0.05) is 5.69 Å². The minimum absolute atomic E-state index is 0.132. The fraction of sp³-hybridized carbons (Fsp3) is 0.125. The molecule has 0 saturated heterocycles. The van der Waals surface area contributed by atoms with E-state index in [0.29, 0.717) is 5.69 Å². The third-order valence-corrected chi connectivity index (χ3v) is 3.30. The lowest BCUT2D eigenvalue weighted by Gasteiger charge is -2.08. The molecular formula is C16H15N3O2. The highest BCUT2D eigenvalue weighted by Gasteiger charge is 2.10. The highest BCUT2D eigenvalue weighted by molar-refractivity contribution is 5.91. The molecule has 0 fully saturated rings. The lowest BCUT2D eigenvalue weighted by molar-refractivity contribution is -0.116. The molecule has 106 valence electrons. The summed E-state index contributed by atoms with van der Waals surface area (Å²) < 4.78 is 1.88. The van der Waals surface area contributed by atoms with Crippen LogP contribution in [0.5, 0.6) is 5.75 Å². The summed E-state index contributed by atoms with van der Waals surface area (Å²) in [5.74, 6) is 0.841. The van der Waals surface area contributed by atoms with Crippen LogP contribution in [-0.4, -0.2) is 20.6 Å². The molecule has 0 saturated carbocycles. The van der Waals surface area contributed by atoms with E-state index in [1.807, 2.05) is 35.8 Å². The van der Waals surface area contributed by atoms with Crippen molar-refractivity contribution >= 4 is 22.6 Å². The van der Waals surface area contributed by atoms with Crippen molar-refractivity contribution in [3.63, 3.8) is 0 Å². The van der Waals surface area contributed by atoms with Gasteiger partial charge >= 0.3 is 0 Å². The zero-order valence-electron chi connectivity index (χ0n) is 11.6. The second-order valence-electron chi connectivity index (χ2n) is 4.83. The van der Waals surface area contributed by atoms with Gasteiger partial charge in [-0.15, -0.1) is 0 Å². The average Bonchev–Trinajstić information content (AvgIpc) is 2.78. The van der Waals surface area contributed by atoms with Crippen LogP contribution in [0.1, 0.15) is 5.82 Å². The fourth-order valence-electron chi connectivity index (χ4n) is 2.28. The van der Waals surface area contributed by atoms with Gasteiger partial charge in [-0.05, 0) is 43.3 Å². The number of aryl methyl sites for hydroxylation is 1. The van der Waals surface area contributed by atoms with Crippen molar-refractivity contribution in [3.05, 3.63) is 54.4 Å². The van der Waals surface area contributed by atoms with Crippen LogP contribution in [0, 0.1) is 6.92 Å². The molecule has 0 spiro atoms. The van der Waals surface area contributed by atoms with Crippen LogP contribution in [-0.2, 0) is 11.3 Å². The molecule has 5 nitrogen and oxygen atoms in total. The number of carbonyl (C=O) groups is 1. The standard InChI is InChI=1S/C16H15N3O2/c1-11-17-14-4-2-3-5-15(14)19(11)10-16(21)18-12-6-8-13(20)9-7-12/h2-9,20H,10H2,1H3,(H,18,21). The average molecular weight is 281 g/mol. The first-order chi connectivity index (χ1) is 10.1. The van der Waals surface area contributed by atoms with E-state index in [4.69, 9.17) is 0 Å². The number of imidazole rings is 1. The van der Waals surface area contributed by atoms with Gasteiger partial charge in [0.25, 0.3) is 0 Å². The Kier molecular flexibility index (Phi) is 3.31. The highest BCUT2D eigenvalue weighted by atomic mass is 16.3. The summed E-state index contributed by atoms with van der Waals surface area (Å²) in [6, 6.07) is 14.1. The molecule has 0 aliphatic rings. The van der Waals surface area contributed by atoms with E-state index < -0.39 is 0 Å². The quantitative estimate of drug-likeness (QED) is 0.725. The molecule has 1 heterocycles. The first kappa shape index (κ1) is 13.2. The van der Waals surface area contributed by atoms with Crippen LogP contribution in [0.25, 0.3) is 11.0 Å². The minimum Gasteiger partial charge on any atom is -0.508 e. The predicted molar refractivity (Wildman–Crippen MR) is 81.2 cm³/mol. The number of aromatic hydroxyl groups is 1. The third kappa shape index (κ3) is 2.72. The van der Waals surface area contributed by atoms with Crippen molar-refractivity contribution in [2.24, 2.45) is 0 Å². The number of phenols is 1. The number of rotatable bonds is 3. The van der Waals surface area contributed by atoms with Gasteiger partial charge in [-0.3, -0.25) is 4.79 Å². The summed E-state index contributed by atoms with van der Waals surface area (Å²) in [6.07, 6.45) is 0. The Bertz CT molecular complexity index is 791. The van der Waals surface area contributed by atoms with Gasteiger partial charge < -0.3 is 15.0 Å². The largest absolute Gasteiger partial charge is 0.508 e. The molecule has 21 heavy (non-hydrogen) atoms. The Morgan fingerprint density at radius 3 is 2.67 bits per heavy atom. The Morgan fingerprint density at radius 2 is 1.90 bits per heavy atom. The van der Waals surface area contributed by atoms with Crippen LogP contribution in [0.15, 0.2) is 48.5 Å². The summed E-state index contributed by atoms with van der Waals surface area (Å²) >= 11 is 0. The lowest BCUT2D eigenvalue weighted by atomic mass is 10.3. The molecule has 0 unspecified atom stereocenters. The first-order valence-electron chi connectivity index (χ1n) is 6.64. The summed E-state index contributed by atoms with van der Waals surface area (Å²) in [4.78, 5) is 16.6. The molecular weight excluding hydrogens is 266 g/mol. The van der Waals surface area contributed by atoms with Crippen molar-refractivity contribution in [2.75, 3.05) is 5.32 Å². The molecule has 1 aromatic heterocycles. The SMILES string of the molecule is Cc1nc2ccccc2n1CC(=O)Nc1ccc(O)cc1. The normalized spacial score (nSPS) is 10.7. The Labute approximate surface area is 121 Å². The van der Waals surface area contributed by atoms with Gasteiger partial charge in [0.2, 0.25) is 5.91 Å². The molecule has 5 heteroatoms. The van der Waals surface area contributed by atoms with E-state index in [-0.39, 0.29) is 18.2 Å². The van der Waals surface area contributed by atoms with Crippen molar-refractivity contribution in [1.82, 2.24) is 9.55 Å². The first-order valence-corrected chi connectivity index (χ1v) is 6.64. The number of hydrogen-bond acceptors (Lipinski definition) is 3. The number of anilines is 1. The van der Waals surface area contributed by atoms with Crippen LogP contribution < -0.4 is 5.32 Å². The lowest BCUT2D eigenvalue weighted by Crippen LogP contribution is -2.19. The zero-order chi connectivity index (χ0) is 14.8. The van der Waals surface area contributed by atoms with E-state index in [0.717, 1.165) is 16.9 Å². The Hall–Kier alpha value is -2.82. The van der Waals surface area contributed by atoms with Gasteiger partial charge in [-0.2, -0.15) is 0 Å². The number of benzene rings is 2. The zero-order valence-corrected chi connectivity index (χ0v) is 11.6. The number of para-hydroxylation sites is 2. The van der Waals surface area contributed by atoms with Gasteiger partial charge in [-0.25, -0.2) is 4.98 Å². The maximum absolute atomic E-state index is 12.1. The van der Waals surface area contributed by atoms with Crippen LogP contribution in [0.2, 0.25) is 0 Å². The van der Waals surface area contributed by atoms with Crippen molar-refractivity contribution in [1.29, 1.82) is 0 Å². The number of aromatic nitrogens is 2. The van der Waals surface area contributed by atoms with Crippen LogP contribution >= 0.6 is 0 Å². The van der Waals surface area contributed by atoms with Crippen molar-refractivity contribution in [2.45, 2.75) is 13.5 Å². The molecule has 0 aliphatic heterocycles. The fourth-order valence-corrected chi connectivity index (χ4v) is 2.28. The van der Waals surface area contributed by atoms with Gasteiger partial charge in [-0.1, -0.05) is 12.1 Å². The van der Waals surface area contributed by atoms with Crippen LogP contribution in [0.4, 0.5) is 5.69 Å². The molecule has 0 atom stereocenters. The number of phenolic OH excluding ortho intramolecular Hbond substituents is 1. The van der Waals surface area contributed by atoms with Crippen LogP contribution in [0.3, 0.4) is 0 Å². The summed E-state index contributed by atoms with van der Waals surface area (Å²) in [6.45, 7) is 2.08. The highest BCUT2D eigenvalue weighted by Crippen LogP contribution is 2.17. The summed E-state index contributed by atoms with van der Waals surface area (Å²) in [5.41, 5.74) is 2.48. The molecule has 0 aliphatic carbocycles. The minimum atomic E-state index is -0.132. The topological polar surface area (TPSA) is 67.2 Å².